The van der Waals surface area contributed by atoms with E-state index in [9.17, 15) is 9.59 Å². The average molecular weight is 382 g/mol. The fraction of sp³-hybridized carbons (Fsp3) is 0.400. The van der Waals surface area contributed by atoms with E-state index in [0.29, 0.717) is 44.9 Å². The van der Waals surface area contributed by atoms with Gasteiger partial charge in [-0.15, -0.1) is 0 Å². The van der Waals surface area contributed by atoms with Crippen LogP contribution in [0, 0.1) is 0 Å². The molecule has 28 heavy (non-hydrogen) atoms. The molecule has 1 fully saturated rings. The molecule has 1 N–H and O–H groups in total. The molecule has 148 valence electrons. The van der Waals surface area contributed by atoms with Crippen LogP contribution in [0.1, 0.15) is 24.8 Å². The summed E-state index contributed by atoms with van der Waals surface area (Å²) in [4.78, 5) is 31.3. The van der Waals surface area contributed by atoms with E-state index in [1.807, 2.05) is 59.4 Å². The number of nitrogens with zero attached hydrogens (tertiary/aromatic N) is 5. The molecule has 0 atom stereocenters. The Hall–Kier alpha value is -3.16. The Kier molecular flexibility index (Phi) is 6.41. The van der Waals surface area contributed by atoms with Crippen LogP contribution in [0.3, 0.4) is 0 Å². The van der Waals surface area contributed by atoms with E-state index >= 15 is 0 Å². The van der Waals surface area contributed by atoms with Crippen molar-refractivity contribution in [2.45, 2.75) is 25.8 Å². The molecular weight excluding hydrogens is 356 g/mol. The Bertz CT molecular complexity index is 829. The highest BCUT2D eigenvalue weighted by atomic mass is 16.2. The zero-order chi connectivity index (χ0) is 19.9. The van der Waals surface area contributed by atoms with Crippen LogP contribution in [0.4, 0.5) is 0 Å². The summed E-state index contributed by atoms with van der Waals surface area (Å²) in [6.45, 7) is 1.46. The minimum absolute atomic E-state index is 0.0882. The number of aliphatic imine (C=N–C) groups is 1. The molecule has 8 heteroatoms. The lowest BCUT2D eigenvalue weighted by molar-refractivity contribution is -0.147. The van der Waals surface area contributed by atoms with Gasteiger partial charge in [-0.25, -0.2) is 4.68 Å². The number of piperidine rings is 1. The minimum Gasteiger partial charge on any atom is -0.354 e. The number of carbonyl (C=O) groups is 2. The second-order valence-corrected chi connectivity index (χ2v) is 6.75. The van der Waals surface area contributed by atoms with Crippen LogP contribution >= 0.6 is 0 Å². The topological polar surface area (TPSA) is 82.8 Å². The maximum atomic E-state index is 11.9. The molecule has 8 nitrogen and oxygen atoms in total. The van der Waals surface area contributed by atoms with Crippen LogP contribution in [0.25, 0.3) is 5.69 Å². The van der Waals surface area contributed by atoms with Crippen molar-refractivity contribution < 1.29 is 9.59 Å². The number of para-hydroxylation sites is 1. The SMILES string of the molecule is CN=C(NCCN1C(=O)CCCC1=O)N(C)Cc1cnn(-c2ccccc2)c1. The zero-order valence-corrected chi connectivity index (χ0v) is 16.3. The number of carbonyl (C=O) groups excluding carboxylic acids is 2. The van der Waals surface area contributed by atoms with Gasteiger partial charge in [0.05, 0.1) is 11.9 Å². The van der Waals surface area contributed by atoms with Crippen molar-refractivity contribution >= 4 is 17.8 Å². The second kappa shape index (κ2) is 9.16. The van der Waals surface area contributed by atoms with Gasteiger partial charge in [-0.05, 0) is 18.6 Å². The van der Waals surface area contributed by atoms with Gasteiger partial charge in [0.25, 0.3) is 0 Å². The Morgan fingerprint density at radius 2 is 1.93 bits per heavy atom. The lowest BCUT2D eigenvalue weighted by Crippen LogP contribution is -2.46. The molecule has 2 amide bonds. The van der Waals surface area contributed by atoms with Crippen LogP contribution < -0.4 is 5.32 Å². The van der Waals surface area contributed by atoms with Crippen molar-refractivity contribution in [2.75, 3.05) is 27.2 Å². The molecule has 3 rings (SSSR count). The summed E-state index contributed by atoms with van der Waals surface area (Å²) < 4.78 is 1.84. The van der Waals surface area contributed by atoms with Gasteiger partial charge in [-0.2, -0.15) is 5.10 Å². The highest BCUT2D eigenvalue weighted by molar-refractivity contribution is 5.97. The molecule has 1 aromatic heterocycles. The molecule has 0 bridgehead atoms. The van der Waals surface area contributed by atoms with E-state index in [1.165, 1.54) is 4.90 Å². The molecule has 0 saturated carbocycles. The second-order valence-electron chi connectivity index (χ2n) is 6.75. The molecular formula is C20H26N6O2. The van der Waals surface area contributed by atoms with Gasteiger partial charge in [-0.1, -0.05) is 18.2 Å². The maximum absolute atomic E-state index is 11.9. The Labute approximate surface area is 164 Å². The lowest BCUT2D eigenvalue weighted by Gasteiger charge is -2.26. The molecule has 1 aliphatic heterocycles. The number of imide groups is 1. The predicted octanol–water partition coefficient (Wildman–Crippen LogP) is 1.42. The third-order valence-electron chi connectivity index (χ3n) is 4.65. The first-order valence-corrected chi connectivity index (χ1v) is 9.42. The van der Waals surface area contributed by atoms with Crippen LogP contribution in [0.15, 0.2) is 47.7 Å². The van der Waals surface area contributed by atoms with Crippen molar-refractivity contribution in [1.82, 2.24) is 24.9 Å². The van der Waals surface area contributed by atoms with E-state index < -0.39 is 0 Å². The first-order chi connectivity index (χ1) is 13.6. The van der Waals surface area contributed by atoms with Crippen LogP contribution in [0.5, 0.6) is 0 Å². The molecule has 2 aromatic rings. The summed E-state index contributed by atoms with van der Waals surface area (Å²) in [5, 5.41) is 7.63. The van der Waals surface area contributed by atoms with Gasteiger partial charge >= 0.3 is 0 Å². The van der Waals surface area contributed by atoms with Gasteiger partial charge in [-0.3, -0.25) is 19.5 Å². The molecule has 2 heterocycles. The van der Waals surface area contributed by atoms with Crippen LogP contribution in [-0.4, -0.2) is 64.5 Å². The summed E-state index contributed by atoms with van der Waals surface area (Å²) >= 11 is 0. The molecule has 0 radical (unpaired) electrons. The van der Waals surface area contributed by atoms with E-state index in [4.69, 9.17) is 0 Å². The predicted molar refractivity (Wildman–Crippen MR) is 107 cm³/mol. The fourth-order valence-corrected chi connectivity index (χ4v) is 3.23. The molecule has 0 aliphatic carbocycles. The van der Waals surface area contributed by atoms with Gasteiger partial charge in [0.15, 0.2) is 5.96 Å². The van der Waals surface area contributed by atoms with Crippen molar-refractivity contribution in [2.24, 2.45) is 4.99 Å². The van der Waals surface area contributed by atoms with E-state index in [0.717, 1.165) is 11.3 Å². The normalized spacial score (nSPS) is 15.1. The molecule has 0 spiro atoms. The number of hydrogen-bond donors (Lipinski definition) is 1. The number of aromatic nitrogens is 2. The third kappa shape index (κ3) is 4.76. The van der Waals surface area contributed by atoms with E-state index in [-0.39, 0.29) is 11.8 Å². The summed E-state index contributed by atoms with van der Waals surface area (Å²) in [6, 6.07) is 9.94. The largest absolute Gasteiger partial charge is 0.354 e. The number of rotatable bonds is 6. The quantitative estimate of drug-likeness (QED) is 0.464. The van der Waals surface area contributed by atoms with Gasteiger partial charge in [0.2, 0.25) is 11.8 Å². The maximum Gasteiger partial charge on any atom is 0.229 e. The fourth-order valence-electron chi connectivity index (χ4n) is 3.23. The monoisotopic (exact) mass is 382 g/mol. The number of hydrogen-bond acceptors (Lipinski definition) is 4. The molecule has 1 aliphatic rings. The Balaban J connectivity index is 1.53. The smallest absolute Gasteiger partial charge is 0.229 e. The third-order valence-corrected chi connectivity index (χ3v) is 4.65. The summed E-state index contributed by atoms with van der Waals surface area (Å²) in [6.07, 6.45) is 5.38. The van der Waals surface area contributed by atoms with Crippen molar-refractivity contribution in [3.63, 3.8) is 0 Å². The standard InChI is InChI=1S/C20H26N6O2/c1-21-20(22-11-12-25-18(27)9-6-10-19(25)28)24(2)14-16-13-23-26(15-16)17-7-4-3-5-8-17/h3-5,7-8,13,15H,6,9-12,14H2,1-2H3,(H,21,22). The van der Waals surface area contributed by atoms with Crippen molar-refractivity contribution in [1.29, 1.82) is 0 Å². The summed E-state index contributed by atoms with van der Waals surface area (Å²) in [5.74, 6) is 0.522. The Morgan fingerprint density at radius 1 is 1.21 bits per heavy atom. The highest BCUT2D eigenvalue weighted by Crippen LogP contribution is 2.11. The zero-order valence-electron chi connectivity index (χ0n) is 16.3. The Morgan fingerprint density at radius 3 is 2.61 bits per heavy atom. The summed E-state index contributed by atoms with van der Waals surface area (Å²) in [5.41, 5.74) is 2.06. The summed E-state index contributed by atoms with van der Waals surface area (Å²) in [7, 11) is 3.65. The van der Waals surface area contributed by atoms with Crippen LogP contribution in [0.2, 0.25) is 0 Å². The van der Waals surface area contributed by atoms with E-state index in [1.54, 1.807) is 7.05 Å². The number of amides is 2. The minimum atomic E-state index is -0.0882. The molecule has 1 aromatic carbocycles. The number of guanidine groups is 1. The average Bonchev–Trinajstić information content (AvgIpc) is 3.16. The highest BCUT2D eigenvalue weighted by Gasteiger charge is 2.25. The van der Waals surface area contributed by atoms with E-state index in [2.05, 4.69) is 15.4 Å². The van der Waals surface area contributed by atoms with Gasteiger partial charge in [0.1, 0.15) is 0 Å². The first kappa shape index (κ1) is 19.6. The van der Waals surface area contributed by atoms with Crippen molar-refractivity contribution in [3.8, 4) is 5.69 Å². The van der Waals surface area contributed by atoms with Gasteiger partial charge in [0, 0.05) is 58.3 Å². The number of nitrogens with one attached hydrogen (secondary N) is 1. The molecule has 0 unspecified atom stereocenters. The van der Waals surface area contributed by atoms with Gasteiger partial charge < -0.3 is 10.2 Å². The first-order valence-electron chi connectivity index (χ1n) is 9.42. The number of benzene rings is 1. The lowest BCUT2D eigenvalue weighted by atomic mass is 10.1. The van der Waals surface area contributed by atoms with Crippen LogP contribution in [-0.2, 0) is 16.1 Å². The molecule has 1 saturated heterocycles. The number of likely N-dealkylation sites (tertiary alicyclic amines) is 1. The van der Waals surface area contributed by atoms with Crippen molar-refractivity contribution in [3.05, 3.63) is 48.3 Å².